The van der Waals surface area contributed by atoms with Crippen LogP contribution in [0.25, 0.3) is 0 Å². The van der Waals surface area contributed by atoms with Gasteiger partial charge in [-0.25, -0.2) is 4.79 Å². The highest BCUT2D eigenvalue weighted by Gasteiger charge is 2.01. The van der Waals surface area contributed by atoms with E-state index in [1.807, 2.05) is 0 Å². The quantitative estimate of drug-likeness (QED) is 0.706. The molecule has 0 aliphatic carbocycles. The van der Waals surface area contributed by atoms with Crippen LogP contribution >= 0.6 is 0 Å². The number of allylic oxidation sites excluding steroid dienone is 1. The Morgan fingerprint density at radius 1 is 1.69 bits per heavy atom. The normalized spacial score (nSPS) is 9.00. The molecule has 1 aromatic heterocycles. The summed E-state index contributed by atoms with van der Waals surface area (Å²) in [6.07, 6.45) is 2.59. The Kier molecular flexibility index (Phi) is 3.03. The van der Waals surface area contributed by atoms with E-state index in [9.17, 15) is 4.79 Å². The molecule has 0 saturated heterocycles. The van der Waals surface area contributed by atoms with Gasteiger partial charge in [0.1, 0.15) is 0 Å². The molecule has 1 rings (SSSR count). The fraction of sp³-hybridized carbons (Fsp3) is 0.111. The summed E-state index contributed by atoms with van der Waals surface area (Å²) >= 11 is 0. The van der Waals surface area contributed by atoms with Crippen molar-refractivity contribution in [3.05, 3.63) is 36.9 Å². The molecule has 1 N–H and O–H groups in total. The molecule has 1 aromatic rings. The Morgan fingerprint density at radius 2 is 2.46 bits per heavy atom. The Morgan fingerprint density at radius 3 is 3.00 bits per heavy atom. The van der Waals surface area contributed by atoms with E-state index in [0.717, 1.165) is 0 Å². The topological polar surface area (TPSA) is 51.2 Å². The minimum atomic E-state index is -0.555. The predicted octanol–water partition coefficient (Wildman–Crippen LogP) is 2.16. The Bertz CT molecular complexity index is 309. The van der Waals surface area contributed by atoms with E-state index < -0.39 is 6.09 Å². The Labute approximate surface area is 76.2 Å². The zero-order valence-electron chi connectivity index (χ0n) is 7.28. The molecule has 0 unspecified atom stereocenters. The van der Waals surface area contributed by atoms with Gasteiger partial charge in [0.15, 0.2) is 0 Å². The molecule has 0 atom stereocenters. The number of ether oxygens (including phenoxy) is 1. The van der Waals surface area contributed by atoms with Crippen LogP contribution in [-0.2, 0) is 4.74 Å². The fourth-order valence-electron chi connectivity index (χ4n) is 0.738. The summed E-state index contributed by atoms with van der Waals surface area (Å²) in [6.45, 7) is 5.04. The number of nitrogens with zero attached hydrogens (tertiary/aromatic N) is 1. The summed E-state index contributed by atoms with van der Waals surface area (Å²) in [7, 11) is 0. The lowest BCUT2D eigenvalue weighted by molar-refractivity contribution is 0.192. The smallest absolute Gasteiger partial charge is 0.416 e. The van der Waals surface area contributed by atoms with E-state index in [1.165, 1.54) is 6.20 Å². The van der Waals surface area contributed by atoms with Crippen molar-refractivity contribution in [3.8, 4) is 0 Å². The number of rotatable bonds is 2. The summed E-state index contributed by atoms with van der Waals surface area (Å²) in [5.74, 6) is 0.349. The number of anilines is 1. The zero-order chi connectivity index (χ0) is 9.68. The number of hydrogen-bond donors (Lipinski definition) is 1. The van der Waals surface area contributed by atoms with Crippen molar-refractivity contribution >= 4 is 11.8 Å². The third-order valence-electron chi connectivity index (χ3n) is 1.17. The van der Waals surface area contributed by atoms with E-state index in [1.54, 1.807) is 25.3 Å². The van der Waals surface area contributed by atoms with E-state index in [-0.39, 0.29) is 0 Å². The van der Waals surface area contributed by atoms with Crippen molar-refractivity contribution < 1.29 is 9.53 Å². The van der Waals surface area contributed by atoms with Crippen LogP contribution in [0.2, 0.25) is 0 Å². The largest absolute Gasteiger partial charge is 0.416 e. The molecule has 0 saturated carbocycles. The summed E-state index contributed by atoms with van der Waals surface area (Å²) in [5.41, 5.74) is 0.591. The maximum Gasteiger partial charge on any atom is 0.416 e. The van der Waals surface area contributed by atoms with Crippen LogP contribution in [-0.4, -0.2) is 11.1 Å². The lowest BCUT2D eigenvalue weighted by Gasteiger charge is -2.04. The number of pyridine rings is 1. The van der Waals surface area contributed by atoms with Crippen molar-refractivity contribution in [2.75, 3.05) is 5.32 Å². The van der Waals surface area contributed by atoms with Crippen molar-refractivity contribution in [2.45, 2.75) is 6.92 Å². The van der Waals surface area contributed by atoms with E-state index in [4.69, 9.17) is 0 Å². The van der Waals surface area contributed by atoms with Gasteiger partial charge in [0, 0.05) is 6.20 Å². The molecule has 0 radical (unpaired) electrons. The number of hydrogen-bond acceptors (Lipinski definition) is 3. The standard InChI is InChI=1S/C9H10N2O2/c1-7(2)13-9(12)11-8-4-3-5-10-6-8/h3-6H,1H2,2H3,(H,11,12). The highest BCUT2D eigenvalue weighted by Crippen LogP contribution is 2.04. The Hall–Kier alpha value is -1.84. The van der Waals surface area contributed by atoms with Gasteiger partial charge < -0.3 is 4.74 Å². The second kappa shape index (κ2) is 4.25. The molecule has 0 aliphatic heterocycles. The van der Waals surface area contributed by atoms with E-state index in [0.29, 0.717) is 11.4 Å². The van der Waals surface area contributed by atoms with Crippen LogP contribution in [0.4, 0.5) is 10.5 Å². The summed E-state index contributed by atoms with van der Waals surface area (Å²) in [4.78, 5) is 14.8. The zero-order valence-corrected chi connectivity index (χ0v) is 7.28. The second-order valence-electron chi connectivity index (χ2n) is 2.46. The molecular formula is C9H10N2O2. The van der Waals surface area contributed by atoms with Gasteiger partial charge in [0.25, 0.3) is 0 Å². The lowest BCUT2D eigenvalue weighted by Crippen LogP contribution is -2.12. The van der Waals surface area contributed by atoms with Gasteiger partial charge in [-0.3, -0.25) is 10.3 Å². The number of carbonyl (C=O) groups excluding carboxylic acids is 1. The van der Waals surface area contributed by atoms with Crippen molar-refractivity contribution in [1.29, 1.82) is 0 Å². The molecule has 0 fully saturated rings. The van der Waals surface area contributed by atoms with Crippen LogP contribution in [0.5, 0.6) is 0 Å². The first-order valence-corrected chi connectivity index (χ1v) is 3.73. The average Bonchev–Trinajstić information content (AvgIpc) is 2.04. The summed E-state index contributed by atoms with van der Waals surface area (Å²) in [6, 6.07) is 3.43. The SMILES string of the molecule is C=C(C)OC(=O)Nc1cccnc1. The highest BCUT2D eigenvalue weighted by molar-refractivity contribution is 5.84. The van der Waals surface area contributed by atoms with Crippen LogP contribution in [0.15, 0.2) is 36.9 Å². The first-order chi connectivity index (χ1) is 6.18. The maximum absolute atomic E-state index is 11.0. The van der Waals surface area contributed by atoms with Crippen molar-refractivity contribution in [2.24, 2.45) is 0 Å². The number of nitrogens with one attached hydrogen (secondary N) is 1. The van der Waals surface area contributed by atoms with E-state index in [2.05, 4.69) is 21.6 Å². The molecule has 4 nitrogen and oxygen atoms in total. The molecular weight excluding hydrogens is 168 g/mol. The monoisotopic (exact) mass is 178 g/mol. The van der Waals surface area contributed by atoms with Gasteiger partial charge >= 0.3 is 6.09 Å². The first kappa shape index (κ1) is 9.25. The van der Waals surface area contributed by atoms with Gasteiger partial charge in [0.2, 0.25) is 0 Å². The van der Waals surface area contributed by atoms with E-state index >= 15 is 0 Å². The molecule has 0 spiro atoms. The fourth-order valence-corrected chi connectivity index (χ4v) is 0.738. The van der Waals surface area contributed by atoms with Crippen LogP contribution < -0.4 is 5.32 Å². The molecule has 1 heterocycles. The van der Waals surface area contributed by atoms with Gasteiger partial charge in [0.05, 0.1) is 17.6 Å². The maximum atomic E-state index is 11.0. The molecule has 4 heteroatoms. The predicted molar refractivity (Wildman–Crippen MR) is 49.2 cm³/mol. The number of aromatic nitrogens is 1. The Balaban J connectivity index is 2.50. The summed E-state index contributed by atoms with van der Waals surface area (Å²) in [5, 5.41) is 2.49. The van der Waals surface area contributed by atoms with Crippen molar-refractivity contribution in [1.82, 2.24) is 4.98 Å². The minimum absolute atomic E-state index is 0.349. The minimum Gasteiger partial charge on any atom is -0.416 e. The van der Waals surface area contributed by atoms with Crippen molar-refractivity contribution in [3.63, 3.8) is 0 Å². The third-order valence-corrected chi connectivity index (χ3v) is 1.17. The molecule has 1 amide bonds. The van der Waals surface area contributed by atoms with Crippen LogP contribution in [0, 0.1) is 0 Å². The molecule has 13 heavy (non-hydrogen) atoms. The van der Waals surface area contributed by atoms with Gasteiger partial charge in [-0.2, -0.15) is 0 Å². The third kappa shape index (κ3) is 3.37. The molecule has 0 aromatic carbocycles. The summed E-state index contributed by atoms with van der Waals surface area (Å²) < 4.78 is 4.68. The molecule has 0 bridgehead atoms. The molecule has 68 valence electrons. The van der Waals surface area contributed by atoms with Gasteiger partial charge in [-0.1, -0.05) is 6.58 Å². The van der Waals surface area contributed by atoms with Gasteiger partial charge in [-0.05, 0) is 19.1 Å². The number of amides is 1. The van der Waals surface area contributed by atoms with Crippen LogP contribution in [0.1, 0.15) is 6.92 Å². The average molecular weight is 178 g/mol. The number of carbonyl (C=O) groups is 1. The molecule has 0 aliphatic rings. The first-order valence-electron chi connectivity index (χ1n) is 3.73. The van der Waals surface area contributed by atoms with Crippen LogP contribution in [0.3, 0.4) is 0 Å². The lowest BCUT2D eigenvalue weighted by atomic mass is 10.4. The van der Waals surface area contributed by atoms with Gasteiger partial charge in [-0.15, -0.1) is 0 Å². The highest BCUT2D eigenvalue weighted by atomic mass is 16.6. The second-order valence-corrected chi connectivity index (χ2v) is 2.46.